The number of hydrogen-bond donors (Lipinski definition) is 0. The number of allylic oxidation sites excluding steroid dienone is 1. The molecular weight excluding hydrogens is 254 g/mol. The number of nitriles is 1. The summed E-state index contributed by atoms with van der Waals surface area (Å²) in [7, 11) is 0. The summed E-state index contributed by atoms with van der Waals surface area (Å²) in [4.78, 5) is 6.10. The first kappa shape index (κ1) is 12.2. The summed E-state index contributed by atoms with van der Waals surface area (Å²) in [5.41, 5.74) is 2.74. The minimum atomic E-state index is 0.768. The predicted octanol–water partition coefficient (Wildman–Crippen LogP) is 4.04. The Labute approximate surface area is 116 Å². The van der Waals surface area contributed by atoms with E-state index >= 15 is 0 Å². The number of imidazole rings is 1. The zero-order valence-electron chi connectivity index (χ0n) is 10.7. The van der Waals surface area contributed by atoms with E-state index in [0.29, 0.717) is 0 Å². The molecule has 2 aromatic rings. The normalized spacial score (nSPS) is 15.2. The van der Waals surface area contributed by atoms with E-state index in [4.69, 9.17) is 5.26 Å². The zero-order chi connectivity index (χ0) is 13.1. The molecular formula is C15H15N3S. The fraction of sp³-hybridized carbons (Fsp3) is 0.333. The molecule has 0 amide bonds. The van der Waals surface area contributed by atoms with Crippen molar-refractivity contribution in [2.75, 3.05) is 0 Å². The molecule has 0 bridgehead atoms. The van der Waals surface area contributed by atoms with Crippen LogP contribution in [0, 0.1) is 11.3 Å². The molecule has 19 heavy (non-hydrogen) atoms. The van der Waals surface area contributed by atoms with E-state index in [-0.39, 0.29) is 0 Å². The number of nitrogens with zero attached hydrogens (tertiary/aromatic N) is 3. The second kappa shape index (κ2) is 5.41. The largest absolute Gasteiger partial charge is 0.305 e. The van der Waals surface area contributed by atoms with Gasteiger partial charge in [0.1, 0.15) is 10.9 Å². The SMILES string of the molecule is N#Cc1ccc(C(=C2CCCCC2)n2ccnc2)s1. The second-order valence-electron chi connectivity index (χ2n) is 4.76. The number of thiophene rings is 1. The van der Waals surface area contributed by atoms with Crippen LogP contribution in [0.2, 0.25) is 0 Å². The van der Waals surface area contributed by atoms with Crippen LogP contribution in [0.1, 0.15) is 41.9 Å². The summed E-state index contributed by atoms with van der Waals surface area (Å²) in [5.74, 6) is 0. The van der Waals surface area contributed by atoms with Crippen LogP contribution in [-0.2, 0) is 0 Å². The average Bonchev–Trinajstić information content (AvgIpc) is 3.12. The standard InChI is InChI=1S/C15H15N3S/c16-10-13-6-7-14(19-13)15(18-9-8-17-11-18)12-4-2-1-3-5-12/h6-9,11H,1-5H2. The van der Waals surface area contributed by atoms with Gasteiger partial charge in [-0.3, -0.25) is 0 Å². The summed E-state index contributed by atoms with van der Waals surface area (Å²) in [6.07, 6.45) is 11.8. The maximum Gasteiger partial charge on any atom is 0.110 e. The van der Waals surface area contributed by atoms with Crippen molar-refractivity contribution in [2.45, 2.75) is 32.1 Å². The fourth-order valence-electron chi connectivity index (χ4n) is 2.62. The summed E-state index contributed by atoms with van der Waals surface area (Å²) >= 11 is 1.57. The van der Waals surface area contributed by atoms with Gasteiger partial charge in [0.15, 0.2) is 0 Å². The van der Waals surface area contributed by atoms with E-state index in [2.05, 4.69) is 21.7 Å². The molecule has 1 saturated carbocycles. The highest BCUT2D eigenvalue weighted by Crippen LogP contribution is 2.34. The smallest absolute Gasteiger partial charge is 0.110 e. The highest BCUT2D eigenvalue weighted by molar-refractivity contribution is 7.13. The van der Waals surface area contributed by atoms with Crippen molar-refractivity contribution in [2.24, 2.45) is 0 Å². The van der Waals surface area contributed by atoms with Crippen molar-refractivity contribution in [1.29, 1.82) is 5.26 Å². The summed E-state index contributed by atoms with van der Waals surface area (Å²) < 4.78 is 2.09. The minimum Gasteiger partial charge on any atom is -0.305 e. The molecule has 0 aromatic carbocycles. The molecule has 1 fully saturated rings. The van der Waals surface area contributed by atoms with Gasteiger partial charge in [0.05, 0.1) is 16.9 Å². The maximum absolute atomic E-state index is 9.00. The molecule has 1 aliphatic rings. The number of rotatable bonds is 2. The van der Waals surface area contributed by atoms with Gasteiger partial charge in [-0.2, -0.15) is 5.26 Å². The first-order valence-corrected chi connectivity index (χ1v) is 7.41. The van der Waals surface area contributed by atoms with Crippen LogP contribution in [0.4, 0.5) is 0 Å². The first-order valence-electron chi connectivity index (χ1n) is 6.59. The highest BCUT2D eigenvalue weighted by Gasteiger charge is 2.16. The van der Waals surface area contributed by atoms with Gasteiger partial charge >= 0.3 is 0 Å². The Hall–Kier alpha value is -1.86. The Balaban J connectivity index is 2.09. The van der Waals surface area contributed by atoms with Crippen LogP contribution in [0.25, 0.3) is 5.70 Å². The molecule has 2 aromatic heterocycles. The Morgan fingerprint density at radius 2 is 2.11 bits per heavy atom. The molecule has 0 N–H and O–H groups in total. The molecule has 0 saturated heterocycles. The summed E-state index contributed by atoms with van der Waals surface area (Å²) in [6.45, 7) is 0. The fourth-order valence-corrected chi connectivity index (χ4v) is 3.52. The van der Waals surface area contributed by atoms with E-state index in [0.717, 1.165) is 17.7 Å². The lowest BCUT2D eigenvalue weighted by atomic mass is 9.93. The summed E-state index contributed by atoms with van der Waals surface area (Å²) in [5, 5.41) is 9.00. The lowest BCUT2D eigenvalue weighted by Gasteiger charge is -2.19. The van der Waals surface area contributed by atoms with E-state index in [1.165, 1.54) is 35.4 Å². The third-order valence-electron chi connectivity index (χ3n) is 3.50. The van der Waals surface area contributed by atoms with Crippen LogP contribution in [0.3, 0.4) is 0 Å². The van der Waals surface area contributed by atoms with Crippen molar-refractivity contribution >= 4 is 17.0 Å². The van der Waals surface area contributed by atoms with Crippen LogP contribution >= 0.6 is 11.3 Å². The molecule has 0 radical (unpaired) electrons. The van der Waals surface area contributed by atoms with Crippen LogP contribution in [-0.4, -0.2) is 9.55 Å². The first-order chi connectivity index (χ1) is 9.38. The molecule has 2 heterocycles. The monoisotopic (exact) mass is 269 g/mol. The Bertz CT molecular complexity index is 621. The molecule has 1 aliphatic carbocycles. The highest BCUT2D eigenvalue weighted by atomic mass is 32.1. The van der Waals surface area contributed by atoms with E-state index in [1.807, 2.05) is 24.8 Å². The topological polar surface area (TPSA) is 41.6 Å². The van der Waals surface area contributed by atoms with Crippen molar-refractivity contribution in [1.82, 2.24) is 9.55 Å². The van der Waals surface area contributed by atoms with Crippen molar-refractivity contribution in [3.05, 3.63) is 46.2 Å². The number of hydrogen-bond acceptors (Lipinski definition) is 3. The molecule has 0 unspecified atom stereocenters. The van der Waals surface area contributed by atoms with Gasteiger partial charge in [-0.05, 0) is 43.4 Å². The van der Waals surface area contributed by atoms with Crippen LogP contribution in [0.15, 0.2) is 36.4 Å². The maximum atomic E-state index is 9.00. The molecule has 0 atom stereocenters. The Morgan fingerprint density at radius 3 is 2.74 bits per heavy atom. The van der Waals surface area contributed by atoms with Gasteiger partial charge in [-0.1, -0.05) is 6.42 Å². The molecule has 3 rings (SSSR count). The van der Waals surface area contributed by atoms with Gasteiger partial charge < -0.3 is 4.57 Å². The third kappa shape index (κ3) is 2.47. The Morgan fingerprint density at radius 1 is 1.26 bits per heavy atom. The third-order valence-corrected chi connectivity index (χ3v) is 4.50. The van der Waals surface area contributed by atoms with Gasteiger partial charge in [-0.15, -0.1) is 11.3 Å². The van der Waals surface area contributed by atoms with Gasteiger partial charge in [0.2, 0.25) is 0 Å². The predicted molar refractivity (Wildman–Crippen MR) is 76.7 cm³/mol. The Kier molecular flexibility index (Phi) is 3.47. The molecule has 0 spiro atoms. The quantitative estimate of drug-likeness (QED) is 0.825. The molecule has 4 heteroatoms. The van der Waals surface area contributed by atoms with E-state index in [1.54, 1.807) is 11.3 Å². The van der Waals surface area contributed by atoms with E-state index in [9.17, 15) is 0 Å². The van der Waals surface area contributed by atoms with E-state index < -0.39 is 0 Å². The second-order valence-corrected chi connectivity index (χ2v) is 5.84. The molecule has 3 nitrogen and oxygen atoms in total. The zero-order valence-corrected chi connectivity index (χ0v) is 11.5. The lowest BCUT2D eigenvalue weighted by molar-refractivity contribution is 0.598. The average molecular weight is 269 g/mol. The van der Waals surface area contributed by atoms with Crippen molar-refractivity contribution in [3.8, 4) is 6.07 Å². The van der Waals surface area contributed by atoms with Gasteiger partial charge in [0, 0.05) is 12.4 Å². The van der Waals surface area contributed by atoms with Crippen LogP contribution in [0.5, 0.6) is 0 Å². The van der Waals surface area contributed by atoms with Crippen molar-refractivity contribution in [3.63, 3.8) is 0 Å². The van der Waals surface area contributed by atoms with Gasteiger partial charge in [0.25, 0.3) is 0 Å². The van der Waals surface area contributed by atoms with Gasteiger partial charge in [-0.25, -0.2) is 4.98 Å². The van der Waals surface area contributed by atoms with Crippen LogP contribution < -0.4 is 0 Å². The summed E-state index contributed by atoms with van der Waals surface area (Å²) in [6, 6.07) is 6.18. The lowest BCUT2D eigenvalue weighted by Crippen LogP contribution is -2.03. The molecule has 96 valence electrons. The minimum absolute atomic E-state index is 0.768. The van der Waals surface area contributed by atoms with Crippen molar-refractivity contribution < 1.29 is 0 Å². The number of aromatic nitrogens is 2. The molecule has 0 aliphatic heterocycles.